The lowest BCUT2D eigenvalue weighted by atomic mass is 9.97. The van der Waals surface area contributed by atoms with Crippen molar-refractivity contribution in [2.45, 2.75) is 274 Å². The van der Waals surface area contributed by atoms with Crippen LogP contribution >= 0.6 is 0 Å². The molecule has 9 N–H and O–H groups in total. The summed E-state index contributed by atoms with van der Waals surface area (Å²) in [7, 11) is 0. The Labute approximate surface area is 452 Å². The fourth-order valence-electron chi connectivity index (χ4n) is 9.08. The minimum atomic E-state index is -1.79. The molecule has 2 saturated heterocycles. The molecule has 1 amide bonds. The van der Waals surface area contributed by atoms with Crippen LogP contribution in [0.15, 0.2) is 85.1 Å². The average Bonchev–Trinajstić information content (AvgIpc) is 3.41. The molecule has 0 aromatic rings. The Hall–Kier alpha value is -2.83. The van der Waals surface area contributed by atoms with Crippen LogP contribution in [-0.2, 0) is 23.7 Å². The van der Waals surface area contributed by atoms with Gasteiger partial charge in [-0.05, 0) is 70.6 Å². The number of carbonyl (C=O) groups excluding carboxylic acids is 1. The zero-order chi connectivity index (χ0) is 54.6. The molecule has 75 heavy (non-hydrogen) atoms. The van der Waals surface area contributed by atoms with Gasteiger partial charge in [-0.25, -0.2) is 0 Å². The number of carbonyl (C=O) groups is 1. The van der Waals surface area contributed by atoms with Crippen molar-refractivity contribution in [1.82, 2.24) is 5.32 Å². The topological polar surface area (TPSA) is 228 Å². The first kappa shape index (κ1) is 68.3. The first-order chi connectivity index (χ1) is 36.6. The second-order valence-electron chi connectivity index (χ2n) is 20.4. The van der Waals surface area contributed by atoms with Gasteiger partial charge in [-0.15, -0.1) is 0 Å². The fraction of sp³-hybridized carbons (Fsp3) is 0.754. The number of hydrogen-bond donors (Lipinski definition) is 9. The van der Waals surface area contributed by atoms with Crippen molar-refractivity contribution < 1.29 is 64.6 Å². The van der Waals surface area contributed by atoms with Crippen molar-refractivity contribution in [3.63, 3.8) is 0 Å². The lowest BCUT2D eigenvalue weighted by Gasteiger charge is -2.46. The van der Waals surface area contributed by atoms with Gasteiger partial charge >= 0.3 is 0 Å². The van der Waals surface area contributed by atoms with E-state index in [4.69, 9.17) is 18.9 Å². The van der Waals surface area contributed by atoms with Crippen LogP contribution in [0.4, 0.5) is 0 Å². The van der Waals surface area contributed by atoms with Gasteiger partial charge in [0.2, 0.25) is 5.91 Å². The number of hydrogen-bond acceptors (Lipinski definition) is 13. The molecule has 0 aromatic heterocycles. The van der Waals surface area contributed by atoms with Gasteiger partial charge in [0.25, 0.3) is 0 Å². The summed E-state index contributed by atoms with van der Waals surface area (Å²) >= 11 is 0. The molecule has 2 rings (SSSR count). The number of ether oxygens (including phenoxy) is 4. The summed E-state index contributed by atoms with van der Waals surface area (Å²) in [6, 6.07) is -0.931. The highest BCUT2D eigenvalue weighted by Crippen LogP contribution is 2.30. The van der Waals surface area contributed by atoms with Crippen LogP contribution in [0, 0.1) is 0 Å². The van der Waals surface area contributed by atoms with E-state index in [2.05, 4.69) is 92.1 Å². The molecule has 0 spiro atoms. The highest BCUT2D eigenvalue weighted by atomic mass is 16.7. The molecule has 2 aliphatic heterocycles. The van der Waals surface area contributed by atoms with Crippen molar-refractivity contribution in [2.24, 2.45) is 0 Å². The third kappa shape index (κ3) is 32.0. The average molecular weight is 1060 g/mol. The molecule has 0 aromatic carbocycles. The molecule has 2 aliphatic rings. The van der Waals surface area contributed by atoms with E-state index in [0.717, 1.165) is 77.0 Å². The molecule has 2 fully saturated rings. The number of aliphatic hydroxyl groups is 8. The zero-order valence-electron chi connectivity index (χ0n) is 46.3. The molecule has 12 atom stereocenters. The van der Waals surface area contributed by atoms with Gasteiger partial charge in [0.05, 0.1) is 32.0 Å². The Morgan fingerprint density at radius 1 is 0.493 bits per heavy atom. The van der Waals surface area contributed by atoms with E-state index in [0.29, 0.717) is 12.8 Å². The zero-order valence-corrected chi connectivity index (χ0v) is 46.3. The molecule has 14 heteroatoms. The Bertz CT molecular complexity index is 1580. The first-order valence-corrected chi connectivity index (χ1v) is 29.3. The second-order valence-corrected chi connectivity index (χ2v) is 20.4. The van der Waals surface area contributed by atoms with Crippen molar-refractivity contribution in [3.05, 3.63) is 85.1 Å². The lowest BCUT2D eigenvalue weighted by molar-refractivity contribution is -0.359. The normalized spacial score (nSPS) is 25.7. The maximum atomic E-state index is 13.2. The van der Waals surface area contributed by atoms with Crippen LogP contribution in [-0.4, -0.2) is 140 Å². The van der Waals surface area contributed by atoms with Crippen LogP contribution in [0.2, 0.25) is 0 Å². The minimum Gasteiger partial charge on any atom is -0.394 e. The monoisotopic (exact) mass is 1060 g/mol. The number of nitrogens with one attached hydrogen (secondary N) is 1. The summed E-state index contributed by atoms with van der Waals surface area (Å²) in [6.07, 6.45) is 45.3. The molecule has 432 valence electrons. The van der Waals surface area contributed by atoms with E-state index in [9.17, 15) is 45.6 Å². The molecule has 12 unspecified atom stereocenters. The van der Waals surface area contributed by atoms with Crippen LogP contribution in [0.1, 0.15) is 200 Å². The van der Waals surface area contributed by atoms with Crippen molar-refractivity contribution >= 4 is 5.91 Å². The minimum absolute atomic E-state index is 0.255. The lowest BCUT2D eigenvalue weighted by Crippen LogP contribution is -2.65. The third-order valence-electron chi connectivity index (χ3n) is 13.8. The molecular formula is C61H105NO13. The van der Waals surface area contributed by atoms with Crippen molar-refractivity contribution in [1.29, 1.82) is 0 Å². The van der Waals surface area contributed by atoms with Crippen LogP contribution < -0.4 is 5.32 Å². The maximum Gasteiger partial charge on any atom is 0.220 e. The van der Waals surface area contributed by atoms with Crippen LogP contribution in [0.25, 0.3) is 0 Å². The van der Waals surface area contributed by atoms with E-state index >= 15 is 0 Å². The Balaban J connectivity index is 1.60. The van der Waals surface area contributed by atoms with E-state index in [1.807, 2.05) is 6.08 Å². The second kappa shape index (κ2) is 46.1. The van der Waals surface area contributed by atoms with E-state index < -0.39 is 86.8 Å². The third-order valence-corrected chi connectivity index (χ3v) is 13.8. The van der Waals surface area contributed by atoms with E-state index in [1.54, 1.807) is 6.08 Å². The molecule has 0 bridgehead atoms. The van der Waals surface area contributed by atoms with Crippen LogP contribution in [0.5, 0.6) is 0 Å². The van der Waals surface area contributed by atoms with Gasteiger partial charge in [0.15, 0.2) is 12.6 Å². The predicted molar refractivity (Wildman–Crippen MR) is 300 cm³/mol. The van der Waals surface area contributed by atoms with Gasteiger partial charge in [-0.1, -0.05) is 208 Å². The predicted octanol–water partition coefficient (Wildman–Crippen LogP) is 9.72. The summed E-state index contributed by atoms with van der Waals surface area (Å²) in [5.41, 5.74) is 0. The molecule has 0 aliphatic carbocycles. The number of amides is 1. The van der Waals surface area contributed by atoms with Crippen LogP contribution in [0.3, 0.4) is 0 Å². The Morgan fingerprint density at radius 3 is 1.47 bits per heavy atom. The van der Waals surface area contributed by atoms with Gasteiger partial charge < -0.3 is 65.1 Å². The largest absolute Gasteiger partial charge is 0.394 e. The fourth-order valence-corrected chi connectivity index (χ4v) is 9.08. The Kier molecular flexibility index (Phi) is 42.0. The molecular weight excluding hydrogens is 955 g/mol. The maximum absolute atomic E-state index is 13.2. The smallest absolute Gasteiger partial charge is 0.220 e. The summed E-state index contributed by atoms with van der Waals surface area (Å²) in [5.74, 6) is -0.255. The SMILES string of the molecule is CC/C=C\C/C=C\C/C=C\C/C=C\C/C=C\CCCCCCCCCCCCCCCCCCCC(=O)NC(COC1OC(CO)C(OC2OC(CO)C(O)C(O)C2O)C(O)C1O)C(O)/C=C/CC/C=C/CCCC. The standard InChI is InChI=1S/C61H105NO13/c1-3-5-7-9-11-13-14-15-16-17-18-19-20-21-22-23-24-25-26-27-28-29-30-31-32-33-34-35-36-37-39-41-43-45-53(66)62-49(50(65)44-42-40-38-12-10-8-6-4-2)48-72-60-58(71)56(69)59(52(47-64)74-60)75-61-57(70)55(68)54(67)51(46-63)73-61/h5,7,10-13,15-16,18-19,21-22,42,44,49-52,54-61,63-65,67-71H,3-4,6,8-9,14,17,20,23-41,43,45-48H2,1-2H3,(H,62,66)/b7-5-,12-10+,13-11-,16-15-,19-18-,22-21-,44-42+. The number of unbranched alkanes of at least 4 members (excludes halogenated alkanes) is 20. The molecule has 0 radical (unpaired) electrons. The Morgan fingerprint density at radius 2 is 0.933 bits per heavy atom. The van der Waals surface area contributed by atoms with Gasteiger partial charge in [0.1, 0.15) is 48.8 Å². The van der Waals surface area contributed by atoms with Gasteiger partial charge in [-0.3, -0.25) is 4.79 Å². The highest BCUT2D eigenvalue weighted by Gasteiger charge is 2.51. The molecule has 0 saturated carbocycles. The molecule has 14 nitrogen and oxygen atoms in total. The quantitative estimate of drug-likeness (QED) is 0.0205. The first-order valence-electron chi connectivity index (χ1n) is 29.3. The number of aliphatic hydroxyl groups excluding tert-OH is 8. The molecule has 2 heterocycles. The van der Waals surface area contributed by atoms with E-state index in [-0.39, 0.29) is 18.9 Å². The highest BCUT2D eigenvalue weighted by molar-refractivity contribution is 5.76. The number of rotatable bonds is 45. The summed E-state index contributed by atoms with van der Waals surface area (Å²) < 4.78 is 22.6. The summed E-state index contributed by atoms with van der Waals surface area (Å²) in [6.45, 7) is 2.56. The summed E-state index contributed by atoms with van der Waals surface area (Å²) in [4.78, 5) is 13.2. The van der Waals surface area contributed by atoms with Gasteiger partial charge in [-0.2, -0.15) is 0 Å². The van der Waals surface area contributed by atoms with E-state index in [1.165, 1.54) is 89.9 Å². The van der Waals surface area contributed by atoms with Gasteiger partial charge in [0, 0.05) is 6.42 Å². The van der Waals surface area contributed by atoms with Crippen molar-refractivity contribution in [3.8, 4) is 0 Å². The van der Waals surface area contributed by atoms with Crippen molar-refractivity contribution in [2.75, 3.05) is 19.8 Å². The summed E-state index contributed by atoms with van der Waals surface area (Å²) in [5, 5.41) is 86.6. The number of allylic oxidation sites excluding steroid dienone is 13.